The Morgan fingerprint density at radius 1 is 1.56 bits per heavy atom. The molecule has 1 rings (SSSR count). The van der Waals surface area contributed by atoms with Crippen LogP contribution in [0.5, 0.6) is 0 Å². The van der Waals surface area contributed by atoms with Crippen LogP contribution in [0.25, 0.3) is 0 Å². The van der Waals surface area contributed by atoms with E-state index in [2.05, 4.69) is 6.92 Å². The lowest BCUT2D eigenvalue weighted by Gasteiger charge is -2.40. The van der Waals surface area contributed by atoms with Gasteiger partial charge < -0.3 is 9.84 Å². The van der Waals surface area contributed by atoms with Crippen LogP contribution in [0.3, 0.4) is 0 Å². The van der Waals surface area contributed by atoms with E-state index in [-0.39, 0.29) is 12.4 Å². The van der Waals surface area contributed by atoms with Gasteiger partial charge in [-0.1, -0.05) is 6.92 Å². The average Bonchev–Trinajstić information content (AvgIpc) is 1.79. The maximum atomic E-state index is 8.48. The molecule has 0 radical (unpaired) electrons. The predicted molar refractivity (Wildman–Crippen MR) is 35.0 cm³/mol. The van der Waals surface area contributed by atoms with Crippen molar-refractivity contribution in [2.45, 2.75) is 38.2 Å². The van der Waals surface area contributed by atoms with Crippen molar-refractivity contribution < 1.29 is 9.84 Å². The van der Waals surface area contributed by atoms with E-state index in [1.165, 1.54) is 6.42 Å². The second-order valence-electron chi connectivity index (χ2n) is 2.66. The zero-order chi connectivity index (χ0) is 6.74. The van der Waals surface area contributed by atoms with E-state index in [1.807, 2.05) is 0 Å². The van der Waals surface area contributed by atoms with Gasteiger partial charge >= 0.3 is 0 Å². The predicted octanol–water partition coefficient (Wildman–Crippen LogP) is 1.29. The second-order valence-corrected chi connectivity index (χ2v) is 2.66. The summed E-state index contributed by atoms with van der Waals surface area (Å²) in [5.74, 6) is 0. The first-order valence-corrected chi connectivity index (χ1v) is 3.58. The smallest absolute Gasteiger partial charge is 0.144 e. The summed E-state index contributed by atoms with van der Waals surface area (Å²) in [7, 11) is 0. The van der Waals surface area contributed by atoms with E-state index in [0.717, 1.165) is 19.3 Å². The molecule has 0 amide bonds. The number of hydrogen-bond acceptors (Lipinski definition) is 2. The van der Waals surface area contributed by atoms with Crippen molar-refractivity contribution in [2.24, 2.45) is 0 Å². The standard InChI is InChI=1S/C7H14O2/c1-2-7(9-6-8)4-3-5-7/h8H,2-6H2,1H3. The molecule has 0 bridgehead atoms. The highest BCUT2D eigenvalue weighted by Gasteiger charge is 2.35. The molecule has 0 aliphatic heterocycles. The summed E-state index contributed by atoms with van der Waals surface area (Å²) < 4.78 is 5.17. The minimum absolute atomic E-state index is 0.0642. The van der Waals surface area contributed by atoms with Gasteiger partial charge in [0.2, 0.25) is 0 Å². The lowest BCUT2D eigenvalue weighted by molar-refractivity contribution is -0.156. The highest BCUT2D eigenvalue weighted by Crippen LogP contribution is 2.37. The molecule has 2 heteroatoms. The molecule has 0 aromatic carbocycles. The number of aliphatic hydroxyl groups excluding tert-OH is 1. The Hall–Kier alpha value is -0.0800. The van der Waals surface area contributed by atoms with Crippen molar-refractivity contribution >= 4 is 0 Å². The van der Waals surface area contributed by atoms with E-state index in [4.69, 9.17) is 9.84 Å². The summed E-state index contributed by atoms with van der Waals surface area (Å²) in [5, 5.41) is 8.48. The average molecular weight is 130 g/mol. The van der Waals surface area contributed by atoms with E-state index < -0.39 is 0 Å². The second kappa shape index (κ2) is 2.67. The van der Waals surface area contributed by atoms with Gasteiger partial charge in [-0.05, 0) is 25.7 Å². The first-order valence-electron chi connectivity index (χ1n) is 3.58. The quantitative estimate of drug-likeness (QED) is 0.583. The van der Waals surface area contributed by atoms with Crippen LogP contribution in [-0.2, 0) is 4.74 Å². The summed E-state index contributed by atoms with van der Waals surface area (Å²) in [6.45, 7) is 1.99. The van der Waals surface area contributed by atoms with Crippen LogP contribution in [-0.4, -0.2) is 17.5 Å². The Balaban J connectivity index is 2.28. The number of ether oxygens (including phenoxy) is 1. The molecule has 0 heterocycles. The molecule has 0 atom stereocenters. The fourth-order valence-corrected chi connectivity index (χ4v) is 1.31. The Kier molecular flexibility index (Phi) is 2.09. The molecule has 1 N–H and O–H groups in total. The summed E-state index contributed by atoms with van der Waals surface area (Å²) in [6, 6.07) is 0. The van der Waals surface area contributed by atoms with Crippen LogP contribution in [0.15, 0.2) is 0 Å². The number of rotatable bonds is 3. The van der Waals surface area contributed by atoms with Crippen LogP contribution < -0.4 is 0 Å². The summed E-state index contributed by atoms with van der Waals surface area (Å²) >= 11 is 0. The zero-order valence-corrected chi connectivity index (χ0v) is 5.89. The van der Waals surface area contributed by atoms with Crippen molar-refractivity contribution in [1.29, 1.82) is 0 Å². The van der Waals surface area contributed by atoms with E-state index in [0.29, 0.717) is 0 Å². The topological polar surface area (TPSA) is 29.5 Å². The molecule has 0 spiro atoms. The molecule has 9 heavy (non-hydrogen) atoms. The molecular formula is C7H14O2. The molecular weight excluding hydrogens is 116 g/mol. The first kappa shape index (κ1) is 7.03. The minimum Gasteiger partial charge on any atom is -0.371 e. The molecule has 0 saturated heterocycles. The van der Waals surface area contributed by atoms with Crippen molar-refractivity contribution in [1.82, 2.24) is 0 Å². The molecule has 0 unspecified atom stereocenters. The zero-order valence-electron chi connectivity index (χ0n) is 5.89. The molecule has 54 valence electrons. The normalized spacial score (nSPS) is 23.3. The summed E-state index contributed by atoms with van der Waals surface area (Å²) in [6.07, 6.45) is 4.55. The molecule has 1 saturated carbocycles. The van der Waals surface area contributed by atoms with Crippen LogP contribution in [0, 0.1) is 0 Å². The lowest BCUT2D eigenvalue weighted by Crippen LogP contribution is -2.39. The third-order valence-electron chi connectivity index (χ3n) is 2.28. The fraction of sp³-hybridized carbons (Fsp3) is 1.00. The molecule has 0 aromatic heterocycles. The third kappa shape index (κ3) is 1.25. The van der Waals surface area contributed by atoms with Gasteiger partial charge in [0.15, 0.2) is 0 Å². The largest absolute Gasteiger partial charge is 0.371 e. The lowest BCUT2D eigenvalue weighted by atomic mass is 9.78. The molecule has 0 aromatic rings. The fourth-order valence-electron chi connectivity index (χ4n) is 1.31. The van der Waals surface area contributed by atoms with E-state index in [1.54, 1.807) is 0 Å². The Morgan fingerprint density at radius 2 is 2.22 bits per heavy atom. The molecule has 1 aliphatic rings. The summed E-state index contributed by atoms with van der Waals surface area (Å²) in [5.41, 5.74) is 0.0642. The van der Waals surface area contributed by atoms with E-state index in [9.17, 15) is 0 Å². The first-order chi connectivity index (χ1) is 4.33. The Labute approximate surface area is 55.8 Å². The molecule has 1 fully saturated rings. The van der Waals surface area contributed by atoms with Crippen molar-refractivity contribution in [3.63, 3.8) is 0 Å². The maximum Gasteiger partial charge on any atom is 0.144 e. The third-order valence-corrected chi connectivity index (χ3v) is 2.28. The van der Waals surface area contributed by atoms with Gasteiger partial charge in [-0.3, -0.25) is 0 Å². The van der Waals surface area contributed by atoms with Gasteiger partial charge in [0.1, 0.15) is 6.79 Å². The van der Waals surface area contributed by atoms with Gasteiger partial charge in [-0.25, -0.2) is 0 Å². The van der Waals surface area contributed by atoms with Crippen molar-refractivity contribution in [3.05, 3.63) is 0 Å². The minimum atomic E-state index is -0.117. The highest BCUT2D eigenvalue weighted by atomic mass is 16.6. The van der Waals surface area contributed by atoms with Gasteiger partial charge in [0.25, 0.3) is 0 Å². The molecule has 1 aliphatic carbocycles. The number of hydrogen-bond donors (Lipinski definition) is 1. The van der Waals surface area contributed by atoms with Gasteiger partial charge in [0, 0.05) is 0 Å². The highest BCUT2D eigenvalue weighted by molar-refractivity contribution is 4.87. The Morgan fingerprint density at radius 3 is 2.33 bits per heavy atom. The number of aliphatic hydroxyl groups is 1. The SMILES string of the molecule is CCC1(OCO)CCC1. The Bertz CT molecular complexity index is 81.4. The summed E-state index contributed by atoms with van der Waals surface area (Å²) in [4.78, 5) is 0. The van der Waals surface area contributed by atoms with E-state index >= 15 is 0 Å². The van der Waals surface area contributed by atoms with Crippen LogP contribution in [0.4, 0.5) is 0 Å². The monoisotopic (exact) mass is 130 g/mol. The maximum absolute atomic E-state index is 8.48. The molecule has 2 nitrogen and oxygen atoms in total. The van der Waals surface area contributed by atoms with Crippen LogP contribution in [0.1, 0.15) is 32.6 Å². The van der Waals surface area contributed by atoms with Gasteiger partial charge in [0.05, 0.1) is 5.60 Å². The van der Waals surface area contributed by atoms with Gasteiger partial charge in [-0.15, -0.1) is 0 Å². The van der Waals surface area contributed by atoms with Crippen LogP contribution >= 0.6 is 0 Å². The van der Waals surface area contributed by atoms with Crippen LogP contribution in [0.2, 0.25) is 0 Å². The van der Waals surface area contributed by atoms with Gasteiger partial charge in [-0.2, -0.15) is 0 Å². The van der Waals surface area contributed by atoms with Crippen molar-refractivity contribution in [2.75, 3.05) is 6.79 Å². The van der Waals surface area contributed by atoms with Crippen molar-refractivity contribution in [3.8, 4) is 0 Å².